The second kappa shape index (κ2) is 11.0. The number of nitrogens with one attached hydrogen (secondary N) is 2. The zero-order valence-corrected chi connectivity index (χ0v) is 21.8. The maximum atomic E-state index is 12.3. The normalized spacial score (nSPS) is 10.7. The van der Waals surface area contributed by atoms with Crippen molar-refractivity contribution in [1.82, 2.24) is 39.8 Å². The van der Waals surface area contributed by atoms with Gasteiger partial charge in [-0.1, -0.05) is 0 Å². The largest absolute Gasteiger partial charge is 0.418 e. The predicted octanol–water partition coefficient (Wildman–Crippen LogP) is 3.13. The Morgan fingerprint density at radius 3 is 2.23 bits per heavy atom. The molecule has 0 aliphatic rings. The number of halogens is 4. The molecule has 0 atom stereocenters. The van der Waals surface area contributed by atoms with Crippen molar-refractivity contribution in [3.05, 3.63) is 67.9 Å². The Balaban J connectivity index is 0.000000165. The molecule has 2 N–H and O–H groups in total. The van der Waals surface area contributed by atoms with E-state index in [9.17, 15) is 18.4 Å². The molecule has 2 amide bonds. The second-order valence-corrected chi connectivity index (χ2v) is 8.93. The van der Waals surface area contributed by atoms with Gasteiger partial charge in [-0.3, -0.25) is 29.2 Å². The molecule has 0 radical (unpaired) electrons. The lowest BCUT2D eigenvalue weighted by atomic mass is 10.2. The topological polar surface area (TPSA) is 132 Å². The summed E-state index contributed by atoms with van der Waals surface area (Å²) in [6, 6.07) is 6.79. The summed E-state index contributed by atoms with van der Waals surface area (Å²) in [7, 11) is 0. The molecular formula is C20H14F2I2N8O3. The fraction of sp³-hybridized carbons (Fsp3) is 0.100. The number of hydrazine groups is 1. The van der Waals surface area contributed by atoms with Gasteiger partial charge in [0.1, 0.15) is 18.7 Å². The molecule has 5 aromatic rings. The third kappa shape index (κ3) is 5.72. The molecule has 0 bridgehead atoms. The Morgan fingerprint density at radius 2 is 1.60 bits per heavy atom. The lowest BCUT2D eigenvalue weighted by Crippen LogP contribution is -2.42. The zero-order valence-electron chi connectivity index (χ0n) is 17.5. The minimum atomic E-state index is -1.18. The molecule has 15 heteroatoms. The molecule has 0 aliphatic heterocycles. The number of hydrogen-bond donors (Lipinski definition) is 2. The van der Waals surface area contributed by atoms with E-state index in [0.717, 1.165) is 18.6 Å². The van der Waals surface area contributed by atoms with Gasteiger partial charge >= 0.3 is 0 Å². The van der Waals surface area contributed by atoms with Crippen LogP contribution < -0.4 is 10.9 Å². The van der Waals surface area contributed by atoms with E-state index in [2.05, 4.69) is 70.8 Å². The van der Waals surface area contributed by atoms with Gasteiger partial charge in [0.15, 0.2) is 13.3 Å². The number of alkyl halides is 2. The SMILES string of the molecule is FCc1nnc(-c2ccn3c(I)cnc3c2)o1.O=C(CF)NNC(=O)c1ccn2c(I)cnc2c1. The standard InChI is InChI=1S/C10H8FIN4O2.C10H6FIN4O/c11-4-9(17)14-15-10(18)6-1-2-16-7(12)5-13-8(16)3-6;11-4-9-14-15-10(17-9)6-1-2-16-7(12)5-13-8(16)3-6/h1-3,5H,4H2,(H,14,17)(H,15,18);1-3,5H,4H2. The lowest BCUT2D eigenvalue weighted by molar-refractivity contribution is -0.122. The van der Waals surface area contributed by atoms with E-state index in [1.165, 1.54) is 0 Å². The first-order valence-electron chi connectivity index (χ1n) is 9.68. The van der Waals surface area contributed by atoms with Gasteiger partial charge in [0, 0.05) is 23.5 Å². The summed E-state index contributed by atoms with van der Waals surface area (Å²) < 4.78 is 35.0. The van der Waals surface area contributed by atoms with Crippen molar-refractivity contribution >= 4 is 68.3 Å². The van der Waals surface area contributed by atoms with Gasteiger partial charge in [-0.15, -0.1) is 10.2 Å². The Kier molecular flexibility index (Phi) is 7.83. The molecule has 0 saturated heterocycles. The highest BCUT2D eigenvalue weighted by molar-refractivity contribution is 14.1. The molecule has 5 aromatic heterocycles. The molecule has 0 spiro atoms. The molecule has 5 heterocycles. The quantitative estimate of drug-likeness (QED) is 0.217. The van der Waals surface area contributed by atoms with Crippen LogP contribution >= 0.6 is 45.2 Å². The van der Waals surface area contributed by atoms with Gasteiger partial charge in [-0.2, -0.15) is 0 Å². The summed E-state index contributed by atoms with van der Waals surface area (Å²) in [6.07, 6.45) is 6.98. The van der Waals surface area contributed by atoms with Crippen LogP contribution in [0.5, 0.6) is 0 Å². The van der Waals surface area contributed by atoms with Gasteiger partial charge in [-0.25, -0.2) is 18.7 Å². The van der Waals surface area contributed by atoms with E-state index in [1.807, 2.05) is 28.2 Å². The van der Waals surface area contributed by atoms with Crippen LogP contribution in [0.25, 0.3) is 22.7 Å². The van der Waals surface area contributed by atoms with E-state index in [4.69, 9.17) is 4.42 Å². The number of nitrogens with zero attached hydrogens (tertiary/aromatic N) is 6. The molecule has 0 aromatic carbocycles. The highest BCUT2D eigenvalue weighted by atomic mass is 127. The number of aromatic nitrogens is 6. The van der Waals surface area contributed by atoms with Crippen LogP contribution in [0, 0.1) is 7.40 Å². The monoisotopic (exact) mass is 706 g/mol. The Labute approximate surface area is 222 Å². The van der Waals surface area contributed by atoms with Crippen molar-refractivity contribution in [3.63, 3.8) is 0 Å². The van der Waals surface area contributed by atoms with Crippen LogP contribution in [0.4, 0.5) is 8.78 Å². The highest BCUT2D eigenvalue weighted by Crippen LogP contribution is 2.20. The van der Waals surface area contributed by atoms with Gasteiger partial charge in [0.05, 0.1) is 12.4 Å². The number of amides is 2. The summed E-state index contributed by atoms with van der Waals surface area (Å²) >= 11 is 4.30. The van der Waals surface area contributed by atoms with Crippen LogP contribution in [0.15, 0.2) is 53.5 Å². The van der Waals surface area contributed by atoms with E-state index in [0.29, 0.717) is 17.1 Å². The number of carbonyl (C=O) groups is 2. The van der Waals surface area contributed by atoms with Crippen molar-refractivity contribution in [3.8, 4) is 11.5 Å². The summed E-state index contributed by atoms with van der Waals surface area (Å²) in [5, 5.41) is 7.35. The third-order valence-electron chi connectivity index (χ3n) is 4.46. The second-order valence-electron chi connectivity index (χ2n) is 6.72. The van der Waals surface area contributed by atoms with Gasteiger partial charge in [0.25, 0.3) is 11.8 Å². The minimum Gasteiger partial charge on any atom is -0.418 e. The number of pyridine rings is 2. The van der Waals surface area contributed by atoms with Crippen LogP contribution in [-0.4, -0.2) is 47.5 Å². The van der Waals surface area contributed by atoms with E-state index < -0.39 is 25.2 Å². The van der Waals surface area contributed by atoms with Crippen molar-refractivity contribution in [2.45, 2.75) is 6.67 Å². The number of carbonyl (C=O) groups excluding carboxylic acids is 2. The molecule has 11 nitrogen and oxygen atoms in total. The Morgan fingerprint density at radius 1 is 0.943 bits per heavy atom. The fourth-order valence-corrected chi connectivity index (χ4v) is 3.92. The summed E-state index contributed by atoms with van der Waals surface area (Å²) in [4.78, 5) is 30.6. The average molecular weight is 706 g/mol. The molecule has 0 fully saturated rings. The van der Waals surface area contributed by atoms with Crippen LogP contribution in [0.3, 0.4) is 0 Å². The first-order chi connectivity index (χ1) is 16.9. The molecule has 35 heavy (non-hydrogen) atoms. The molecule has 0 saturated carbocycles. The summed E-state index contributed by atoms with van der Waals surface area (Å²) in [5.41, 5.74) is 6.50. The van der Waals surface area contributed by atoms with Crippen molar-refractivity contribution in [1.29, 1.82) is 0 Å². The predicted molar refractivity (Wildman–Crippen MR) is 136 cm³/mol. The fourth-order valence-electron chi connectivity index (χ4n) is 2.83. The number of imidazole rings is 2. The molecular weight excluding hydrogens is 692 g/mol. The Bertz CT molecular complexity index is 1520. The van der Waals surface area contributed by atoms with E-state index in [-0.39, 0.29) is 5.89 Å². The average Bonchev–Trinajstić information content (AvgIpc) is 3.61. The van der Waals surface area contributed by atoms with Crippen LogP contribution in [0.2, 0.25) is 0 Å². The third-order valence-corrected chi connectivity index (χ3v) is 6.06. The van der Waals surface area contributed by atoms with Crippen LogP contribution in [-0.2, 0) is 11.5 Å². The summed E-state index contributed by atoms with van der Waals surface area (Å²) in [6.45, 7) is -1.94. The first-order valence-corrected chi connectivity index (χ1v) is 11.8. The van der Waals surface area contributed by atoms with E-state index in [1.54, 1.807) is 35.1 Å². The van der Waals surface area contributed by atoms with Gasteiger partial charge in [0.2, 0.25) is 11.8 Å². The number of fused-ring (bicyclic) bond motifs is 2. The molecule has 0 unspecified atom stereocenters. The lowest BCUT2D eigenvalue weighted by Gasteiger charge is -2.05. The van der Waals surface area contributed by atoms with Crippen molar-refractivity contribution in [2.24, 2.45) is 0 Å². The Hall–Kier alpha value is -3.22. The maximum absolute atomic E-state index is 12.3. The van der Waals surface area contributed by atoms with Gasteiger partial charge < -0.3 is 4.42 Å². The smallest absolute Gasteiger partial charge is 0.269 e. The summed E-state index contributed by atoms with van der Waals surface area (Å²) in [5.74, 6) is -1.15. The van der Waals surface area contributed by atoms with E-state index >= 15 is 0 Å². The number of rotatable bonds is 4. The van der Waals surface area contributed by atoms with Crippen LogP contribution in [0.1, 0.15) is 16.2 Å². The highest BCUT2D eigenvalue weighted by Gasteiger charge is 2.11. The van der Waals surface area contributed by atoms with Gasteiger partial charge in [-0.05, 0) is 69.4 Å². The maximum Gasteiger partial charge on any atom is 0.269 e. The van der Waals surface area contributed by atoms with Crippen molar-refractivity contribution in [2.75, 3.05) is 6.67 Å². The molecule has 5 rings (SSSR count). The molecule has 180 valence electrons. The number of hydrogen-bond acceptors (Lipinski definition) is 7. The first kappa shape index (κ1) is 24.9. The zero-order chi connectivity index (χ0) is 24.9. The minimum absolute atomic E-state index is 0.0159. The van der Waals surface area contributed by atoms with Crippen molar-refractivity contribution < 1.29 is 22.8 Å². The molecule has 0 aliphatic carbocycles.